The largest absolute Gasteiger partial charge is 0.497 e. The number of sulfonamides is 2. The number of ether oxygens (including phenoxy) is 3. The second-order valence-electron chi connectivity index (χ2n) is 21.3. The first kappa shape index (κ1) is 62.2. The number of rotatable bonds is 24. The number of piperidine rings is 2. The van der Waals surface area contributed by atoms with Gasteiger partial charge in [0.1, 0.15) is 22.9 Å². The Morgan fingerprint density at radius 1 is 0.623 bits per heavy atom. The van der Waals surface area contributed by atoms with Crippen molar-refractivity contribution in [1.82, 2.24) is 28.8 Å². The van der Waals surface area contributed by atoms with Crippen molar-refractivity contribution >= 4 is 49.1 Å². The number of carbonyl (C=O) groups excluding carboxylic acids is 3. The van der Waals surface area contributed by atoms with Gasteiger partial charge in [-0.1, -0.05) is 0 Å². The Balaban J connectivity index is 0.000000289. The zero-order valence-corrected chi connectivity index (χ0v) is 49.0. The van der Waals surface area contributed by atoms with Crippen molar-refractivity contribution in [2.24, 2.45) is 11.8 Å². The van der Waals surface area contributed by atoms with Crippen LogP contribution < -0.4 is 24.6 Å². The molecule has 4 heterocycles. The zero-order valence-electron chi connectivity index (χ0n) is 47.3. The molecule has 0 saturated carbocycles. The summed E-state index contributed by atoms with van der Waals surface area (Å²) in [5, 5.41) is 3.11. The molecule has 0 radical (unpaired) electrons. The predicted molar refractivity (Wildman–Crippen MR) is 302 cm³/mol. The van der Waals surface area contributed by atoms with Gasteiger partial charge >= 0.3 is 6.09 Å². The minimum Gasteiger partial charge on any atom is -0.497 e. The molecular weight excluding hydrogens is 1020 g/mol. The molecule has 1 N–H and O–H groups in total. The van der Waals surface area contributed by atoms with E-state index in [2.05, 4.69) is 25.1 Å². The molecule has 424 valence electrons. The molecule has 4 aromatic rings. The fourth-order valence-corrected chi connectivity index (χ4v) is 13.0. The second-order valence-corrected chi connectivity index (χ2v) is 25.3. The highest BCUT2D eigenvalue weighted by atomic mass is 32.2. The number of aromatic nitrogens is 2. The highest BCUT2D eigenvalue weighted by Crippen LogP contribution is 2.31. The van der Waals surface area contributed by atoms with E-state index in [1.54, 1.807) is 99.3 Å². The molecule has 0 atom stereocenters. The lowest BCUT2D eigenvalue weighted by Crippen LogP contribution is -2.44. The molecular formula is C57H84N8O10S2. The molecule has 0 aliphatic carbocycles. The lowest BCUT2D eigenvalue weighted by Gasteiger charge is -2.33. The minimum atomic E-state index is -3.85. The van der Waals surface area contributed by atoms with Crippen molar-refractivity contribution in [2.45, 2.75) is 115 Å². The molecule has 18 nitrogen and oxygen atoms in total. The highest BCUT2D eigenvalue weighted by molar-refractivity contribution is 7.89. The van der Waals surface area contributed by atoms with E-state index in [1.165, 1.54) is 33.4 Å². The normalized spacial score (nSPS) is 14.8. The summed E-state index contributed by atoms with van der Waals surface area (Å²) >= 11 is 0. The molecule has 2 fully saturated rings. The summed E-state index contributed by atoms with van der Waals surface area (Å²) in [5.41, 5.74) is 4.08. The van der Waals surface area contributed by atoms with Crippen LogP contribution in [0.1, 0.15) is 94.4 Å². The molecule has 1 amide bonds. The number of ketones is 2. The SMILES string of the molecule is COc1cc(C)c(S(=O)(=O)N(C)CCN(CC(=O)CCC2CCN(c3ccncc3)CC2)C(=O)OC(C)(C)C)c(C)c1.COc1cc(C)c(S(=O)(=O)N(C)CCNCC(=O)CCC2CCN(c3ccncc3)CC2)c(C)c1. The molecule has 0 spiro atoms. The van der Waals surface area contributed by atoms with Gasteiger partial charge in [0, 0.05) is 115 Å². The van der Waals surface area contributed by atoms with E-state index in [0.717, 1.165) is 70.4 Å². The summed E-state index contributed by atoms with van der Waals surface area (Å²) in [7, 11) is -1.34. The smallest absolute Gasteiger partial charge is 0.410 e. The monoisotopic (exact) mass is 1100 g/mol. The summed E-state index contributed by atoms with van der Waals surface area (Å²) in [4.78, 5) is 53.2. The van der Waals surface area contributed by atoms with Crippen molar-refractivity contribution in [3.8, 4) is 11.5 Å². The minimum absolute atomic E-state index is 0.00717. The molecule has 2 aromatic heterocycles. The van der Waals surface area contributed by atoms with Crippen molar-refractivity contribution in [3.05, 3.63) is 95.6 Å². The van der Waals surface area contributed by atoms with Crippen LogP contribution in [-0.4, -0.2) is 157 Å². The number of nitrogens with zero attached hydrogens (tertiary/aromatic N) is 7. The van der Waals surface area contributed by atoms with Crippen LogP contribution in [0.25, 0.3) is 0 Å². The fourth-order valence-electron chi connectivity index (χ4n) is 9.89. The van der Waals surface area contributed by atoms with Crippen LogP contribution in [0.4, 0.5) is 16.2 Å². The molecule has 20 heteroatoms. The number of aryl methyl sites for hydroxylation is 4. The van der Waals surface area contributed by atoms with Gasteiger partial charge in [0.05, 0.1) is 37.1 Å². The molecule has 2 aliphatic rings. The number of pyridine rings is 2. The Hall–Kier alpha value is -5.67. The van der Waals surface area contributed by atoms with E-state index >= 15 is 0 Å². The van der Waals surface area contributed by atoms with Gasteiger partial charge in [-0.2, -0.15) is 8.61 Å². The van der Waals surface area contributed by atoms with E-state index < -0.39 is 31.7 Å². The maximum atomic E-state index is 13.5. The number of Topliss-reactive ketones (excluding diaryl/α,β-unsaturated/α-hetero) is 2. The number of hydrogen-bond donors (Lipinski definition) is 1. The van der Waals surface area contributed by atoms with E-state index in [-0.39, 0.29) is 49.2 Å². The van der Waals surface area contributed by atoms with Gasteiger partial charge in [0.2, 0.25) is 20.0 Å². The van der Waals surface area contributed by atoms with Gasteiger partial charge in [0.25, 0.3) is 0 Å². The number of likely N-dealkylation sites (N-methyl/N-ethyl adjacent to an activating group) is 2. The first-order valence-electron chi connectivity index (χ1n) is 26.7. The number of nitrogens with one attached hydrogen (secondary N) is 1. The van der Waals surface area contributed by atoms with Gasteiger partial charge in [-0.3, -0.25) is 24.5 Å². The first-order chi connectivity index (χ1) is 36.4. The number of methoxy groups -OCH3 is 2. The molecule has 2 aromatic carbocycles. The van der Waals surface area contributed by atoms with Crippen molar-refractivity contribution in [2.75, 3.05) is 104 Å². The third-order valence-electron chi connectivity index (χ3n) is 14.3. The highest BCUT2D eigenvalue weighted by Gasteiger charge is 2.30. The summed E-state index contributed by atoms with van der Waals surface area (Å²) in [6, 6.07) is 14.9. The number of carbonyl (C=O) groups is 3. The van der Waals surface area contributed by atoms with E-state index in [1.807, 2.05) is 36.7 Å². The fraction of sp³-hybridized carbons (Fsp3) is 0.561. The Morgan fingerprint density at radius 3 is 1.40 bits per heavy atom. The van der Waals surface area contributed by atoms with Crippen molar-refractivity contribution in [1.29, 1.82) is 0 Å². The zero-order chi connectivity index (χ0) is 56.5. The third-order valence-corrected chi connectivity index (χ3v) is 18.6. The quantitative estimate of drug-likeness (QED) is 0.0661. The lowest BCUT2D eigenvalue weighted by molar-refractivity contribution is -0.120. The van der Waals surface area contributed by atoms with Crippen LogP contribution in [-0.2, 0) is 34.4 Å². The summed E-state index contributed by atoms with van der Waals surface area (Å²) < 4.78 is 71.7. The number of hydrogen-bond acceptors (Lipinski definition) is 15. The Labute approximate surface area is 459 Å². The van der Waals surface area contributed by atoms with Crippen LogP contribution in [0, 0.1) is 39.5 Å². The van der Waals surface area contributed by atoms with Gasteiger partial charge in [0.15, 0.2) is 5.78 Å². The van der Waals surface area contributed by atoms with Crippen LogP contribution >= 0.6 is 0 Å². The summed E-state index contributed by atoms with van der Waals surface area (Å²) in [6.45, 7) is 17.0. The van der Waals surface area contributed by atoms with Crippen molar-refractivity contribution in [3.63, 3.8) is 0 Å². The average Bonchev–Trinajstić information content (AvgIpc) is 3.39. The molecule has 0 unspecified atom stereocenters. The van der Waals surface area contributed by atoms with E-state index in [9.17, 15) is 31.2 Å². The Bertz CT molecular complexity index is 2730. The van der Waals surface area contributed by atoms with Gasteiger partial charge in [-0.15, -0.1) is 0 Å². The maximum absolute atomic E-state index is 13.5. The van der Waals surface area contributed by atoms with Crippen LogP contribution in [0.15, 0.2) is 83.1 Å². The maximum Gasteiger partial charge on any atom is 0.410 e. The molecule has 0 bridgehead atoms. The summed E-state index contributed by atoms with van der Waals surface area (Å²) in [6.07, 6.45) is 13.4. The molecule has 2 saturated heterocycles. The van der Waals surface area contributed by atoms with Crippen LogP contribution in [0.3, 0.4) is 0 Å². The number of amides is 1. The van der Waals surface area contributed by atoms with Crippen LogP contribution in [0.2, 0.25) is 0 Å². The Kier molecular flexibility index (Phi) is 23.3. The molecule has 2 aliphatic heterocycles. The number of benzene rings is 2. The lowest BCUT2D eigenvalue weighted by atomic mass is 9.91. The summed E-state index contributed by atoms with van der Waals surface area (Å²) in [5.74, 6) is 2.35. The van der Waals surface area contributed by atoms with Crippen molar-refractivity contribution < 1.29 is 45.4 Å². The number of anilines is 2. The topological polar surface area (TPSA) is 201 Å². The third kappa shape index (κ3) is 18.5. The second kappa shape index (κ2) is 28.8. The van der Waals surface area contributed by atoms with Gasteiger partial charge in [-0.05, 0) is 170 Å². The predicted octanol–water partition coefficient (Wildman–Crippen LogP) is 8.01. The molecule has 6 rings (SSSR count). The van der Waals surface area contributed by atoms with Crippen LogP contribution in [0.5, 0.6) is 11.5 Å². The Morgan fingerprint density at radius 2 is 1.01 bits per heavy atom. The molecule has 77 heavy (non-hydrogen) atoms. The standard InChI is InChI=1S/C31H46N4O6S.C26H38N4O4S/c1-23-20-28(40-7)21-24(2)29(23)42(38,39)33(6)18-19-35(30(37)41-31(3,4)5)22-27(36)9-8-25-12-16-34(17-13-25)26-10-14-32-15-11-26;1-20-17-25(34-4)18-21(2)26(20)35(32,33)29(3)16-13-28-19-24(31)6-5-22-9-14-30(15-10-22)23-7-11-27-12-8-23/h10-11,14-15,20-21,25H,8-9,12-13,16-19,22H2,1-7H3;7-8,11-12,17-18,22,28H,5-6,9-10,13-16,19H2,1-4H3. The van der Waals surface area contributed by atoms with E-state index in [0.29, 0.717) is 69.9 Å². The van der Waals surface area contributed by atoms with Gasteiger partial charge < -0.3 is 29.3 Å². The average molecular weight is 1110 g/mol. The van der Waals surface area contributed by atoms with Gasteiger partial charge in [-0.25, -0.2) is 21.6 Å². The van der Waals surface area contributed by atoms with E-state index in [4.69, 9.17) is 14.2 Å². The first-order valence-corrected chi connectivity index (χ1v) is 29.6.